The zero-order chi connectivity index (χ0) is 22.7. The van der Waals surface area contributed by atoms with Gasteiger partial charge in [0, 0.05) is 10.9 Å². The van der Waals surface area contributed by atoms with E-state index in [1.807, 2.05) is 55.4 Å². The first-order valence-electron chi connectivity index (χ1n) is 10.0. The van der Waals surface area contributed by atoms with Gasteiger partial charge in [0.25, 0.3) is 0 Å². The molecule has 0 N–H and O–H groups in total. The summed E-state index contributed by atoms with van der Waals surface area (Å²) < 4.78 is 29.5. The predicted molar refractivity (Wildman–Crippen MR) is 114 cm³/mol. The van der Waals surface area contributed by atoms with Gasteiger partial charge >= 0.3 is 20.2 Å². The van der Waals surface area contributed by atoms with Gasteiger partial charge in [-0.1, -0.05) is 0 Å². The monoisotopic (exact) mass is 413 g/mol. The number of hydrogen-bond acceptors (Lipinski definition) is 7. The quantitative estimate of drug-likeness (QED) is 0.553. The molecule has 0 unspecified atom stereocenters. The molecule has 0 aromatic heterocycles. The highest BCUT2D eigenvalue weighted by molar-refractivity contribution is 6.67. The largest absolute Gasteiger partial charge is 0.496 e. The lowest BCUT2D eigenvalue weighted by molar-refractivity contribution is 0.00578. The Morgan fingerprint density at radius 3 is 1.43 bits per heavy atom. The Bertz CT molecular complexity index is 830. The van der Waals surface area contributed by atoms with Crippen molar-refractivity contribution in [2.24, 2.45) is 0 Å². The Labute approximate surface area is 179 Å². The number of ether oxygens (including phenoxy) is 1. The maximum absolute atomic E-state index is 12.4. The second-order valence-corrected chi connectivity index (χ2v) is 9.81. The molecule has 1 aromatic rings. The first-order chi connectivity index (χ1) is 13.7. The van der Waals surface area contributed by atoms with Crippen molar-refractivity contribution in [1.82, 2.24) is 0 Å². The lowest BCUT2D eigenvalue weighted by Crippen LogP contribution is -2.45. The van der Waals surface area contributed by atoms with Gasteiger partial charge in [-0.05, 0) is 67.5 Å². The van der Waals surface area contributed by atoms with Crippen molar-refractivity contribution in [3.63, 3.8) is 0 Å². The van der Waals surface area contributed by atoms with E-state index in [9.17, 15) is 10.1 Å². The molecular formula is C21H29B2NO6. The maximum Gasteiger partial charge on any atom is 0.496 e. The molecule has 2 fully saturated rings. The van der Waals surface area contributed by atoms with Crippen molar-refractivity contribution in [2.75, 3.05) is 7.11 Å². The van der Waals surface area contributed by atoms with Crippen LogP contribution in [-0.2, 0) is 23.4 Å². The van der Waals surface area contributed by atoms with Crippen LogP contribution in [0, 0.1) is 11.3 Å². The highest BCUT2D eigenvalue weighted by Crippen LogP contribution is 2.38. The molecule has 30 heavy (non-hydrogen) atoms. The standard InChI is InChI=1S/C21H29B2NO6/c1-18(2)19(3,4)28-22(27-18)15-10-13(17(25)26-9)11-16(14(15)12-24)23-29-20(5,6)21(7,8)30-23/h10-11H,1-9H3. The van der Waals surface area contributed by atoms with E-state index in [-0.39, 0.29) is 5.56 Å². The van der Waals surface area contributed by atoms with E-state index in [1.165, 1.54) is 7.11 Å². The van der Waals surface area contributed by atoms with Gasteiger partial charge in [-0.2, -0.15) is 5.26 Å². The van der Waals surface area contributed by atoms with Crippen LogP contribution in [0.3, 0.4) is 0 Å². The van der Waals surface area contributed by atoms with Crippen LogP contribution >= 0.6 is 0 Å². The Balaban J connectivity index is 2.16. The van der Waals surface area contributed by atoms with Crippen LogP contribution in [-0.4, -0.2) is 49.7 Å². The molecule has 0 amide bonds. The second-order valence-electron chi connectivity index (χ2n) is 9.81. The summed E-state index contributed by atoms with van der Waals surface area (Å²) in [5.74, 6) is -0.532. The molecule has 2 heterocycles. The highest BCUT2D eigenvalue weighted by Gasteiger charge is 2.55. The number of rotatable bonds is 3. The summed E-state index contributed by atoms with van der Waals surface area (Å²) in [5.41, 5.74) is -0.934. The average molecular weight is 413 g/mol. The molecule has 0 saturated carbocycles. The van der Waals surface area contributed by atoms with Crippen molar-refractivity contribution in [3.05, 3.63) is 23.3 Å². The fourth-order valence-electron chi connectivity index (χ4n) is 3.36. The summed E-state index contributed by atoms with van der Waals surface area (Å²) in [6, 6.07) is 5.41. The van der Waals surface area contributed by atoms with Crippen LogP contribution in [0.25, 0.3) is 0 Å². The van der Waals surface area contributed by atoms with Crippen LogP contribution in [0.4, 0.5) is 0 Å². The van der Waals surface area contributed by atoms with Crippen molar-refractivity contribution in [1.29, 1.82) is 5.26 Å². The summed E-state index contributed by atoms with van der Waals surface area (Å²) >= 11 is 0. The molecule has 9 heteroatoms. The number of hydrogen-bond donors (Lipinski definition) is 0. The van der Waals surface area contributed by atoms with E-state index in [2.05, 4.69) is 6.07 Å². The summed E-state index contributed by atoms with van der Waals surface area (Å²) in [7, 11) is -0.338. The topological polar surface area (TPSA) is 87.0 Å². The van der Waals surface area contributed by atoms with Crippen molar-refractivity contribution in [3.8, 4) is 6.07 Å². The third-order valence-corrected chi connectivity index (χ3v) is 6.75. The Hall–Kier alpha value is -1.85. The minimum atomic E-state index is -0.824. The molecule has 2 aliphatic heterocycles. The van der Waals surface area contributed by atoms with E-state index in [1.54, 1.807) is 12.1 Å². The Kier molecular flexibility index (Phi) is 5.40. The number of nitriles is 1. The number of benzene rings is 1. The fraction of sp³-hybridized carbons (Fsp3) is 0.619. The van der Waals surface area contributed by atoms with Crippen LogP contribution in [0.2, 0.25) is 0 Å². The minimum Gasteiger partial charge on any atom is -0.465 e. The van der Waals surface area contributed by atoms with Crippen LogP contribution in [0.15, 0.2) is 12.1 Å². The smallest absolute Gasteiger partial charge is 0.465 e. The lowest BCUT2D eigenvalue weighted by Gasteiger charge is -2.32. The summed E-state index contributed by atoms with van der Waals surface area (Å²) in [5, 5.41) is 10.0. The molecule has 1 aromatic carbocycles. The van der Waals surface area contributed by atoms with E-state index in [4.69, 9.17) is 23.4 Å². The zero-order valence-corrected chi connectivity index (χ0v) is 19.2. The van der Waals surface area contributed by atoms with Gasteiger partial charge in [-0.25, -0.2) is 4.79 Å². The van der Waals surface area contributed by atoms with Gasteiger partial charge in [-0.15, -0.1) is 0 Å². The Morgan fingerprint density at radius 2 is 1.17 bits per heavy atom. The molecule has 2 aliphatic rings. The molecule has 0 aliphatic carbocycles. The second kappa shape index (κ2) is 7.10. The van der Waals surface area contributed by atoms with Crippen molar-refractivity contribution >= 4 is 31.1 Å². The number of carbonyl (C=O) groups is 1. The molecule has 0 atom stereocenters. The number of carbonyl (C=O) groups excluding carboxylic acids is 1. The normalized spacial score (nSPS) is 23.3. The van der Waals surface area contributed by atoms with Crippen LogP contribution in [0.1, 0.15) is 71.3 Å². The predicted octanol–water partition coefficient (Wildman–Crippen LogP) is 1.94. The van der Waals surface area contributed by atoms with E-state index < -0.39 is 42.6 Å². The van der Waals surface area contributed by atoms with Gasteiger partial charge in [0.2, 0.25) is 0 Å². The number of methoxy groups -OCH3 is 1. The van der Waals surface area contributed by atoms with Gasteiger partial charge in [-0.3, -0.25) is 0 Å². The molecule has 7 nitrogen and oxygen atoms in total. The summed E-state index contributed by atoms with van der Waals surface area (Å²) in [4.78, 5) is 12.4. The first-order valence-corrected chi connectivity index (χ1v) is 10.0. The SMILES string of the molecule is COC(=O)c1cc(B2OC(C)(C)C(C)(C)O2)c(C#N)c(B2OC(C)(C)C(C)(C)O2)c1. The van der Waals surface area contributed by atoms with Crippen molar-refractivity contribution < 1.29 is 28.1 Å². The van der Waals surface area contributed by atoms with Crippen LogP contribution in [0.5, 0.6) is 0 Å². The van der Waals surface area contributed by atoms with E-state index >= 15 is 0 Å². The van der Waals surface area contributed by atoms with Gasteiger partial charge in [0.05, 0.1) is 46.7 Å². The highest BCUT2D eigenvalue weighted by atomic mass is 16.7. The van der Waals surface area contributed by atoms with Gasteiger partial charge in [0.1, 0.15) is 0 Å². The summed E-state index contributed by atoms with van der Waals surface area (Å²) in [6.45, 7) is 15.4. The fourth-order valence-corrected chi connectivity index (χ4v) is 3.36. The van der Waals surface area contributed by atoms with Crippen molar-refractivity contribution in [2.45, 2.75) is 77.8 Å². The van der Waals surface area contributed by atoms with Gasteiger partial charge < -0.3 is 23.4 Å². The van der Waals surface area contributed by atoms with E-state index in [0.29, 0.717) is 16.5 Å². The maximum atomic E-state index is 12.4. The van der Waals surface area contributed by atoms with E-state index in [0.717, 1.165) is 0 Å². The molecule has 160 valence electrons. The Morgan fingerprint density at radius 1 is 0.833 bits per heavy atom. The zero-order valence-electron chi connectivity index (χ0n) is 19.2. The third-order valence-electron chi connectivity index (χ3n) is 6.75. The number of nitrogens with zero attached hydrogens (tertiary/aromatic N) is 1. The first kappa shape index (κ1) is 22.8. The lowest BCUT2D eigenvalue weighted by atomic mass is 9.67. The van der Waals surface area contributed by atoms with Crippen LogP contribution < -0.4 is 10.9 Å². The third kappa shape index (κ3) is 3.56. The molecule has 0 bridgehead atoms. The molecule has 3 rings (SSSR count). The molecular weight excluding hydrogens is 384 g/mol. The molecule has 0 spiro atoms. The molecule has 0 radical (unpaired) electrons. The number of esters is 1. The molecule has 2 saturated heterocycles. The minimum absolute atomic E-state index is 0.269. The summed E-state index contributed by atoms with van der Waals surface area (Å²) in [6.07, 6.45) is 0. The van der Waals surface area contributed by atoms with Gasteiger partial charge in [0.15, 0.2) is 0 Å². The average Bonchev–Trinajstić information content (AvgIpc) is 2.99.